The minimum Gasteiger partial charge on any atom is -0.478 e. The summed E-state index contributed by atoms with van der Waals surface area (Å²) in [5.74, 6) is -0.851. The summed E-state index contributed by atoms with van der Waals surface area (Å²) in [6.07, 6.45) is 2.41. The fourth-order valence-electron chi connectivity index (χ4n) is 1.50. The average Bonchev–Trinajstić information content (AvgIpc) is 2.25. The van der Waals surface area contributed by atoms with Crippen LogP contribution in [0.25, 0.3) is 0 Å². The normalized spacial score (nSPS) is 12.6. The number of carbonyl (C=O) groups is 1. The van der Waals surface area contributed by atoms with Crippen LogP contribution in [0, 0.1) is 0 Å². The maximum Gasteiger partial charge on any atom is 0.330 e. The molecule has 0 radical (unpaired) electrons. The summed E-state index contributed by atoms with van der Waals surface area (Å²) in [5, 5.41) is 8.74. The lowest BCUT2D eigenvalue weighted by Crippen LogP contribution is -2.10. The summed E-state index contributed by atoms with van der Waals surface area (Å²) in [5.41, 5.74) is 2.98. The fourth-order valence-corrected chi connectivity index (χ4v) is 1.50. The van der Waals surface area contributed by atoms with E-state index in [9.17, 15) is 4.79 Å². The quantitative estimate of drug-likeness (QED) is 0.809. The van der Waals surface area contributed by atoms with Crippen molar-refractivity contribution < 1.29 is 9.90 Å². The molecule has 0 saturated heterocycles. The van der Waals surface area contributed by atoms with E-state index >= 15 is 0 Å². The summed E-state index contributed by atoms with van der Waals surface area (Å²) >= 11 is 0. The molecule has 0 saturated carbocycles. The van der Waals surface area contributed by atoms with Crippen LogP contribution in [0.15, 0.2) is 35.9 Å². The first-order chi connectivity index (χ1) is 7.80. The molecule has 1 rings (SSSR count). The highest BCUT2D eigenvalue weighted by atomic mass is 16.4. The lowest BCUT2D eigenvalue weighted by atomic mass is 9.86. The summed E-state index contributed by atoms with van der Waals surface area (Å²) in [6.45, 7) is 8.15. The molecule has 92 valence electrons. The molecule has 0 aliphatic rings. The van der Waals surface area contributed by atoms with Crippen LogP contribution in [0.1, 0.15) is 38.8 Å². The predicted molar refractivity (Wildman–Crippen MR) is 70.2 cm³/mol. The molecule has 17 heavy (non-hydrogen) atoms. The largest absolute Gasteiger partial charge is 0.478 e. The van der Waals surface area contributed by atoms with Gasteiger partial charge in [-0.15, -0.1) is 0 Å². The second-order valence-corrected chi connectivity index (χ2v) is 5.34. The maximum atomic E-state index is 10.6. The van der Waals surface area contributed by atoms with Gasteiger partial charge in [-0.1, -0.05) is 51.1 Å². The maximum absolute atomic E-state index is 10.6. The van der Waals surface area contributed by atoms with Crippen LogP contribution < -0.4 is 0 Å². The summed E-state index contributed by atoms with van der Waals surface area (Å²) in [4.78, 5) is 10.6. The van der Waals surface area contributed by atoms with Crippen molar-refractivity contribution in [2.24, 2.45) is 0 Å². The SMILES string of the molecule is CC(=CCc1ccc(C(C)(C)C)cc1)C(=O)O. The Morgan fingerprint density at radius 2 is 1.76 bits per heavy atom. The zero-order valence-corrected chi connectivity index (χ0v) is 10.9. The Labute approximate surface area is 103 Å². The van der Waals surface area contributed by atoms with Gasteiger partial charge < -0.3 is 5.11 Å². The van der Waals surface area contributed by atoms with Gasteiger partial charge in [0.1, 0.15) is 0 Å². The van der Waals surface area contributed by atoms with E-state index in [4.69, 9.17) is 5.11 Å². The third-order valence-corrected chi connectivity index (χ3v) is 2.80. The smallest absolute Gasteiger partial charge is 0.330 e. The third-order valence-electron chi connectivity index (χ3n) is 2.80. The molecule has 0 fully saturated rings. The number of benzene rings is 1. The molecule has 0 aromatic heterocycles. The summed E-state index contributed by atoms with van der Waals surface area (Å²) in [6, 6.07) is 8.34. The number of aliphatic carboxylic acids is 1. The number of carboxylic acid groups (broad SMARTS) is 1. The van der Waals surface area contributed by atoms with Crippen LogP contribution in [0.3, 0.4) is 0 Å². The van der Waals surface area contributed by atoms with E-state index in [0.717, 1.165) is 5.56 Å². The van der Waals surface area contributed by atoms with Gasteiger partial charge in [0.2, 0.25) is 0 Å². The number of rotatable bonds is 3. The van der Waals surface area contributed by atoms with Crippen molar-refractivity contribution in [1.29, 1.82) is 0 Å². The van der Waals surface area contributed by atoms with Gasteiger partial charge in [-0.2, -0.15) is 0 Å². The topological polar surface area (TPSA) is 37.3 Å². The minimum absolute atomic E-state index is 0.158. The van der Waals surface area contributed by atoms with Gasteiger partial charge in [0.25, 0.3) is 0 Å². The molecule has 0 atom stereocenters. The van der Waals surface area contributed by atoms with Crippen LogP contribution in [0.4, 0.5) is 0 Å². The molecule has 0 spiro atoms. The molecule has 0 unspecified atom stereocenters. The second-order valence-electron chi connectivity index (χ2n) is 5.34. The van der Waals surface area contributed by atoms with Crippen molar-refractivity contribution in [3.8, 4) is 0 Å². The van der Waals surface area contributed by atoms with Gasteiger partial charge in [0.05, 0.1) is 0 Å². The number of hydrogen-bond acceptors (Lipinski definition) is 1. The van der Waals surface area contributed by atoms with E-state index in [1.165, 1.54) is 5.56 Å². The second kappa shape index (κ2) is 5.17. The summed E-state index contributed by atoms with van der Waals surface area (Å²) < 4.78 is 0. The van der Waals surface area contributed by atoms with Crippen molar-refractivity contribution in [1.82, 2.24) is 0 Å². The highest BCUT2D eigenvalue weighted by molar-refractivity contribution is 5.85. The van der Waals surface area contributed by atoms with Crippen molar-refractivity contribution in [2.75, 3.05) is 0 Å². The lowest BCUT2D eigenvalue weighted by molar-refractivity contribution is -0.132. The monoisotopic (exact) mass is 232 g/mol. The number of hydrogen-bond donors (Lipinski definition) is 1. The first-order valence-corrected chi connectivity index (χ1v) is 5.80. The van der Waals surface area contributed by atoms with E-state index in [0.29, 0.717) is 12.0 Å². The van der Waals surface area contributed by atoms with Crippen LogP contribution in [-0.2, 0) is 16.6 Å². The van der Waals surface area contributed by atoms with Gasteiger partial charge in [-0.05, 0) is 29.9 Å². The molecule has 0 aliphatic heterocycles. The van der Waals surface area contributed by atoms with E-state index in [1.54, 1.807) is 13.0 Å². The molecule has 0 amide bonds. The first kappa shape index (κ1) is 13.5. The minimum atomic E-state index is -0.851. The average molecular weight is 232 g/mol. The van der Waals surface area contributed by atoms with Crippen molar-refractivity contribution >= 4 is 5.97 Å². The van der Waals surface area contributed by atoms with Crippen molar-refractivity contribution in [3.05, 3.63) is 47.0 Å². The van der Waals surface area contributed by atoms with Gasteiger partial charge in [0.15, 0.2) is 0 Å². The molecule has 2 nitrogen and oxygen atoms in total. The Balaban J connectivity index is 2.76. The highest BCUT2D eigenvalue weighted by Gasteiger charge is 2.12. The Morgan fingerprint density at radius 3 is 2.18 bits per heavy atom. The molecule has 1 aromatic rings. The number of carboxylic acids is 1. The van der Waals surface area contributed by atoms with Gasteiger partial charge >= 0.3 is 5.97 Å². The van der Waals surface area contributed by atoms with Crippen LogP contribution >= 0.6 is 0 Å². The number of allylic oxidation sites excluding steroid dienone is 1. The zero-order valence-electron chi connectivity index (χ0n) is 10.9. The first-order valence-electron chi connectivity index (χ1n) is 5.80. The summed E-state index contributed by atoms with van der Waals surface area (Å²) in [7, 11) is 0. The van der Waals surface area contributed by atoms with E-state index in [2.05, 4.69) is 45.0 Å². The molecular weight excluding hydrogens is 212 g/mol. The van der Waals surface area contributed by atoms with E-state index in [1.807, 2.05) is 0 Å². The third kappa shape index (κ3) is 4.06. The predicted octanol–water partition coefficient (Wildman–Crippen LogP) is 3.56. The molecule has 2 heteroatoms. The highest BCUT2D eigenvalue weighted by Crippen LogP contribution is 2.22. The van der Waals surface area contributed by atoms with Crippen molar-refractivity contribution in [2.45, 2.75) is 39.5 Å². The van der Waals surface area contributed by atoms with Crippen LogP contribution in [-0.4, -0.2) is 11.1 Å². The molecule has 0 aliphatic carbocycles. The Morgan fingerprint density at radius 1 is 1.24 bits per heavy atom. The fraction of sp³-hybridized carbons (Fsp3) is 0.400. The Hall–Kier alpha value is -1.57. The van der Waals surface area contributed by atoms with E-state index < -0.39 is 5.97 Å². The molecule has 0 bridgehead atoms. The molecule has 1 N–H and O–H groups in total. The van der Waals surface area contributed by atoms with Crippen LogP contribution in [0.2, 0.25) is 0 Å². The molecule has 1 aromatic carbocycles. The van der Waals surface area contributed by atoms with Gasteiger partial charge in [0, 0.05) is 5.57 Å². The van der Waals surface area contributed by atoms with Crippen molar-refractivity contribution in [3.63, 3.8) is 0 Å². The van der Waals surface area contributed by atoms with Gasteiger partial charge in [-0.25, -0.2) is 4.79 Å². The van der Waals surface area contributed by atoms with E-state index in [-0.39, 0.29) is 5.41 Å². The Kier molecular flexibility index (Phi) is 4.11. The Bertz CT molecular complexity index is 419. The zero-order chi connectivity index (χ0) is 13.1. The standard InChI is InChI=1S/C15H20O2/c1-11(14(16)17)5-6-12-7-9-13(10-8-12)15(2,3)4/h5,7-10H,6H2,1-4H3,(H,16,17). The molecule has 0 heterocycles. The molecular formula is C15H20O2. The van der Waals surface area contributed by atoms with Crippen LogP contribution in [0.5, 0.6) is 0 Å². The lowest BCUT2D eigenvalue weighted by Gasteiger charge is -2.19. The van der Waals surface area contributed by atoms with Gasteiger partial charge in [-0.3, -0.25) is 0 Å².